The van der Waals surface area contributed by atoms with Gasteiger partial charge >= 0.3 is 0 Å². The lowest BCUT2D eigenvalue weighted by Crippen LogP contribution is -2.20. The molecule has 17 heavy (non-hydrogen) atoms. The van der Waals surface area contributed by atoms with Crippen molar-refractivity contribution in [1.82, 2.24) is 9.55 Å². The van der Waals surface area contributed by atoms with Crippen LogP contribution < -0.4 is 5.56 Å². The van der Waals surface area contributed by atoms with E-state index in [0.717, 1.165) is 17.7 Å². The zero-order valence-electron chi connectivity index (χ0n) is 9.68. The average Bonchev–Trinajstić information content (AvgIpc) is 2.75. The standard InChI is InChI=1S/C12H14N2O2S/c1-9(15)4-2-3-6-14-8-13-11-10(12(14)16)5-7-17-11/h5,7-8H,2-4,6H2,1H3. The number of Topliss-reactive ketones (excluding diaryl/α,β-unsaturated/α-hetero) is 1. The van der Waals surface area contributed by atoms with Crippen molar-refractivity contribution in [2.24, 2.45) is 0 Å². The zero-order valence-corrected chi connectivity index (χ0v) is 10.5. The molecule has 0 unspecified atom stereocenters. The Morgan fingerprint density at radius 3 is 3.06 bits per heavy atom. The summed E-state index contributed by atoms with van der Waals surface area (Å²) in [7, 11) is 0. The molecule has 2 rings (SSSR count). The Balaban J connectivity index is 2.06. The highest BCUT2D eigenvalue weighted by Gasteiger charge is 2.04. The van der Waals surface area contributed by atoms with Crippen LogP contribution in [0.1, 0.15) is 26.2 Å². The minimum atomic E-state index is 0.0130. The molecule has 5 heteroatoms. The summed E-state index contributed by atoms with van der Waals surface area (Å²) >= 11 is 1.47. The second-order valence-corrected chi connectivity index (χ2v) is 4.94. The minimum Gasteiger partial charge on any atom is -0.300 e. The Morgan fingerprint density at radius 2 is 2.29 bits per heavy atom. The van der Waals surface area contributed by atoms with E-state index in [1.807, 2.05) is 5.38 Å². The van der Waals surface area contributed by atoms with Crippen LogP contribution in [0.5, 0.6) is 0 Å². The topological polar surface area (TPSA) is 52.0 Å². The van der Waals surface area contributed by atoms with Crippen LogP contribution in [0.3, 0.4) is 0 Å². The maximum absolute atomic E-state index is 12.0. The third-order valence-corrected chi connectivity index (χ3v) is 3.45. The van der Waals surface area contributed by atoms with Crippen LogP contribution in [0.15, 0.2) is 22.6 Å². The summed E-state index contributed by atoms with van der Waals surface area (Å²) in [5.74, 6) is 0.198. The Morgan fingerprint density at radius 1 is 1.47 bits per heavy atom. The number of carbonyl (C=O) groups is 1. The van der Waals surface area contributed by atoms with Crippen LogP contribution in [0.25, 0.3) is 10.2 Å². The number of carbonyl (C=O) groups excluding carboxylic acids is 1. The minimum absolute atomic E-state index is 0.0130. The number of thiophene rings is 1. The molecule has 0 aliphatic heterocycles. The number of aryl methyl sites for hydroxylation is 1. The van der Waals surface area contributed by atoms with Crippen LogP contribution in [0, 0.1) is 0 Å². The molecule has 0 radical (unpaired) electrons. The largest absolute Gasteiger partial charge is 0.300 e. The number of aromatic nitrogens is 2. The van der Waals surface area contributed by atoms with Crippen molar-refractivity contribution in [3.63, 3.8) is 0 Å². The maximum Gasteiger partial charge on any atom is 0.262 e. The number of rotatable bonds is 5. The lowest BCUT2D eigenvalue weighted by Gasteiger charge is -2.04. The third-order valence-electron chi connectivity index (χ3n) is 2.63. The van der Waals surface area contributed by atoms with Gasteiger partial charge in [-0.1, -0.05) is 0 Å². The molecule has 0 aromatic carbocycles. The van der Waals surface area contributed by atoms with Crippen molar-refractivity contribution >= 4 is 27.3 Å². The molecular weight excluding hydrogens is 236 g/mol. The van der Waals surface area contributed by atoms with Gasteiger partial charge in [0.25, 0.3) is 5.56 Å². The van der Waals surface area contributed by atoms with Crippen molar-refractivity contribution < 1.29 is 4.79 Å². The number of hydrogen-bond acceptors (Lipinski definition) is 4. The van der Waals surface area contributed by atoms with E-state index in [-0.39, 0.29) is 11.3 Å². The smallest absolute Gasteiger partial charge is 0.262 e. The van der Waals surface area contributed by atoms with E-state index >= 15 is 0 Å². The molecule has 2 aromatic heterocycles. The summed E-state index contributed by atoms with van der Waals surface area (Å²) in [5.41, 5.74) is 0.0130. The lowest BCUT2D eigenvalue weighted by atomic mass is 10.2. The summed E-state index contributed by atoms with van der Waals surface area (Å²) in [5, 5.41) is 2.56. The van der Waals surface area contributed by atoms with Crippen LogP contribution in [0.4, 0.5) is 0 Å². The molecule has 0 saturated heterocycles. The van der Waals surface area contributed by atoms with E-state index in [9.17, 15) is 9.59 Å². The molecule has 2 aromatic rings. The fraction of sp³-hybridized carbons (Fsp3) is 0.417. The van der Waals surface area contributed by atoms with Crippen LogP contribution in [0.2, 0.25) is 0 Å². The Kier molecular flexibility index (Phi) is 3.68. The SMILES string of the molecule is CC(=O)CCCCn1cnc2sccc2c1=O. The fourth-order valence-electron chi connectivity index (χ4n) is 1.71. The molecule has 0 saturated carbocycles. The number of fused-ring (bicyclic) bond motifs is 1. The van der Waals surface area contributed by atoms with E-state index in [2.05, 4.69) is 4.98 Å². The molecule has 0 atom stereocenters. The highest BCUT2D eigenvalue weighted by atomic mass is 32.1. The number of nitrogens with zero attached hydrogens (tertiary/aromatic N) is 2. The van der Waals surface area contributed by atoms with Crippen molar-refractivity contribution in [3.8, 4) is 0 Å². The van der Waals surface area contributed by atoms with Crippen molar-refractivity contribution in [2.75, 3.05) is 0 Å². The maximum atomic E-state index is 12.0. The van der Waals surface area contributed by atoms with Crippen molar-refractivity contribution in [2.45, 2.75) is 32.7 Å². The lowest BCUT2D eigenvalue weighted by molar-refractivity contribution is -0.117. The first-order chi connectivity index (χ1) is 8.18. The average molecular weight is 250 g/mol. The second kappa shape index (κ2) is 5.23. The van der Waals surface area contributed by atoms with Gasteiger partial charge in [-0.05, 0) is 31.2 Å². The van der Waals surface area contributed by atoms with E-state index in [4.69, 9.17) is 0 Å². The molecule has 2 heterocycles. The quantitative estimate of drug-likeness (QED) is 0.764. The number of ketones is 1. The van der Waals surface area contributed by atoms with E-state index in [1.54, 1.807) is 23.9 Å². The van der Waals surface area contributed by atoms with Crippen LogP contribution >= 0.6 is 11.3 Å². The second-order valence-electron chi connectivity index (χ2n) is 4.04. The molecule has 90 valence electrons. The van der Waals surface area contributed by atoms with Crippen molar-refractivity contribution in [3.05, 3.63) is 28.1 Å². The highest BCUT2D eigenvalue weighted by Crippen LogP contribution is 2.13. The number of unbranched alkanes of at least 4 members (excludes halogenated alkanes) is 1. The van der Waals surface area contributed by atoms with Gasteiger partial charge in [-0.3, -0.25) is 9.36 Å². The first-order valence-corrected chi connectivity index (χ1v) is 6.48. The fourth-order valence-corrected chi connectivity index (χ4v) is 2.43. The Bertz CT molecular complexity index is 585. The van der Waals surface area contributed by atoms with Crippen LogP contribution in [-0.4, -0.2) is 15.3 Å². The zero-order chi connectivity index (χ0) is 12.3. The first-order valence-electron chi connectivity index (χ1n) is 5.60. The van der Waals surface area contributed by atoms with Gasteiger partial charge in [0.05, 0.1) is 11.7 Å². The van der Waals surface area contributed by atoms with E-state index < -0.39 is 0 Å². The predicted molar refractivity (Wildman–Crippen MR) is 68.4 cm³/mol. The Labute approximate surface area is 103 Å². The third kappa shape index (κ3) is 2.79. The summed E-state index contributed by atoms with van der Waals surface area (Å²) in [6.45, 7) is 2.22. The highest BCUT2D eigenvalue weighted by molar-refractivity contribution is 7.16. The molecule has 0 N–H and O–H groups in total. The molecule has 0 fully saturated rings. The van der Waals surface area contributed by atoms with Crippen LogP contribution in [-0.2, 0) is 11.3 Å². The van der Waals surface area contributed by atoms with Gasteiger partial charge in [-0.2, -0.15) is 0 Å². The van der Waals surface area contributed by atoms with Gasteiger partial charge in [0.15, 0.2) is 0 Å². The Hall–Kier alpha value is -1.49. The van der Waals surface area contributed by atoms with Gasteiger partial charge in [-0.25, -0.2) is 4.98 Å². The molecule has 0 aliphatic rings. The van der Waals surface area contributed by atoms with E-state index in [0.29, 0.717) is 18.4 Å². The van der Waals surface area contributed by atoms with Gasteiger partial charge in [0.1, 0.15) is 10.6 Å². The summed E-state index contributed by atoms with van der Waals surface area (Å²) in [6, 6.07) is 1.81. The summed E-state index contributed by atoms with van der Waals surface area (Å²) in [6.07, 6.45) is 3.83. The normalized spacial score (nSPS) is 10.9. The van der Waals surface area contributed by atoms with Gasteiger partial charge < -0.3 is 4.79 Å². The van der Waals surface area contributed by atoms with Gasteiger partial charge in [-0.15, -0.1) is 11.3 Å². The monoisotopic (exact) mass is 250 g/mol. The molecule has 0 spiro atoms. The number of hydrogen-bond donors (Lipinski definition) is 0. The molecule has 4 nitrogen and oxygen atoms in total. The van der Waals surface area contributed by atoms with E-state index in [1.165, 1.54) is 11.3 Å². The summed E-state index contributed by atoms with van der Waals surface area (Å²) in [4.78, 5) is 27.8. The molecule has 0 aliphatic carbocycles. The first kappa shape index (κ1) is 12.0. The van der Waals surface area contributed by atoms with Crippen molar-refractivity contribution in [1.29, 1.82) is 0 Å². The predicted octanol–water partition coefficient (Wildman–Crippen LogP) is 2.22. The summed E-state index contributed by atoms with van der Waals surface area (Å²) < 4.78 is 1.62. The van der Waals surface area contributed by atoms with Gasteiger partial charge in [0, 0.05) is 13.0 Å². The van der Waals surface area contributed by atoms with Gasteiger partial charge in [0.2, 0.25) is 0 Å². The molecular formula is C12H14N2O2S. The molecule has 0 bridgehead atoms. The molecule has 0 amide bonds.